The van der Waals surface area contributed by atoms with Gasteiger partial charge < -0.3 is 9.84 Å². The minimum absolute atomic E-state index is 0.220. The molecule has 0 saturated heterocycles. The summed E-state index contributed by atoms with van der Waals surface area (Å²) < 4.78 is 108. The zero-order valence-corrected chi connectivity index (χ0v) is 18.4. The number of carbonyl (C=O) groups is 1. The molecule has 3 nitrogen and oxygen atoms in total. The molecule has 12 heteroatoms. The average molecular weight is 490 g/mol. The third-order valence-electron chi connectivity index (χ3n) is 4.67. The van der Waals surface area contributed by atoms with Crippen molar-refractivity contribution in [2.45, 2.75) is 101 Å². The smallest absolute Gasteiger partial charge is 0.453 e. The minimum atomic E-state index is -5.76. The van der Waals surface area contributed by atoms with E-state index in [2.05, 4.69) is 4.74 Å². The van der Waals surface area contributed by atoms with Crippen LogP contribution in [0.15, 0.2) is 0 Å². The predicted octanol–water partition coefficient (Wildman–Crippen LogP) is 6.67. The molecule has 0 radical (unpaired) electrons. The van der Waals surface area contributed by atoms with Crippen LogP contribution >= 0.6 is 11.8 Å². The number of thioether (sulfide) groups is 1. The summed E-state index contributed by atoms with van der Waals surface area (Å²) in [5.74, 6) is -7.40. The number of hydrogen-bond acceptors (Lipinski definition) is 4. The second kappa shape index (κ2) is 13.1. The first-order valence-electron chi connectivity index (χ1n) is 10.2. The Morgan fingerprint density at radius 1 is 0.871 bits per heavy atom. The number of ether oxygens (including phenoxy) is 1. The van der Waals surface area contributed by atoms with Crippen molar-refractivity contribution in [3.63, 3.8) is 0 Å². The number of carbonyl (C=O) groups excluding carboxylic acids is 1. The van der Waals surface area contributed by atoms with Crippen molar-refractivity contribution < 1.29 is 49.8 Å². The summed E-state index contributed by atoms with van der Waals surface area (Å²) in [5, 5.41) is 8.49. The first-order chi connectivity index (χ1) is 14.1. The molecular formula is C19H30F8O3S. The van der Waals surface area contributed by atoms with Crippen molar-refractivity contribution in [3.8, 4) is 0 Å². The maximum atomic E-state index is 13.6. The molecule has 31 heavy (non-hydrogen) atoms. The molecule has 0 aromatic rings. The van der Waals surface area contributed by atoms with Gasteiger partial charge in [0.25, 0.3) is 5.60 Å². The number of unbranched alkanes of at least 4 members (excludes halogenated alkanes) is 5. The fourth-order valence-electron chi connectivity index (χ4n) is 2.86. The molecule has 0 aliphatic heterocycles. The average Bonchev–Trinajstić information content (AvgIpc) is 2.63. The highest BCUT2D eigenvalue weighted by Gasteiger charge is 2.65. The van der Waals surface area contributed by atoms with E-state index in [1.165, 1.54) is 6.92 Å². The van der Waals surface area contributed by atoms with E-state index in [9.17, 15) is 45.0 Å². The molecule has 1 N–H and O–H groups in total. The lowest BCUT2D eigenvalue weighted by atomic mass is 9.94. The van der Waals surface area contributed by atoms with Crippen molar-refractivity contribution in [2.24, 2.45) is 0 Å². The number of alkyl halides is 8. The van der Waals surface area contributed by atoms with Crippen LogP contribution in [0.5, 0.6) is 0 Å². The first-order valence-corrected chi connectivity index (χ1v) is 11.2. The molecule has 0 rings (SSSR count). The van der Waals surface area contributed by atoms with Crippen LogP contribution in [0.3, 0.4) is 0 Å². The summed E-state index contributed by atoms with van der Waals surface area (Å²) in [5.41, 5.74) is -3.89. The van der Waals surface area contributed by atoms with Gasteiger partial charge in [-0.3, -0.25) is 0 Å². The van der Waals surface area contributed by atoms with Crippen LogP contribution in [-0.4, -0.2) is 52.6 Å². The lowest BCUT2D eigenvalue weighted by Crippen LogP contribution is -2.60. The highest BCUT2D eigenvalue weighted by Crippen LogP contribution is 2.43. The number of hydrogen-bond donors (Lipinski definition) is 1. The van der Waals surface area contributed by atoms with Gasteiger partial charge in [-0.15, -0.1) is 0 Å². The van der Waals surface area contributed by atoms with E-state index >= 15 is 0 Å². The van der Waals surface area contributed by atoms with E-state index in [-0.39, 0.29) is 12.8 Å². The first kappa shape index (κ1) is 30.2. The Hall–Kier alpha value is -0.780. The van der Waals surface area contributed by atoms with Gasteiger partial charge in [-0.2, -0.15) is 46.9 Å². The Balaban J connectivity index is 5.27. The molecule has 186 valence electrons. The Morgan fingerprint density at radius 2 is 1.42 bits per heavy atom. The van der Waals surface area contributed by atoms with Crippen LogP contribution in [0.25, 0.3) is 0 Å². The number of esters is 1. The van der Waals surface area contributed by atoms with Gasteiger partial charge in [-0.05, 0) is 25.5 Å². The van der Waals surface area contributed by atoms with Gasteiger partial charge in [0, 0.05) is 6.42 Å². The number of halogens is 8. The predicted molar refractivity (Wildman–Crippen MR) is 102 cm³/mol. The van der Waals surface area contributed by atoms with Crippen molar-refractivity contribution in [3.05, 3.63) is 0 Å². The van der Waals surface area contributed by atoms with Crippen molar-refractivity contribution in [1.29, 1.82) is 0 Å². The second-order valence-corrected chi connectivity index (χ2v) is 8.52. The fourth-order valence-corrected chi connectivity index (χ4v) is 4.26. The molecule has 0 bridgehead atoms. The molecule has 2 atom stereocenters. The molecule has 2 unspecified atom stereocenters. The lowest BCUT2D eigenvalue weighted by Gasteiger charge is -2.35. The molecular weight excluding hydrogens is 460 g/mol. The van der Waals surface area contributed by atoms with Gasteiger partial charge >= 0.3 is 24.2 Å². The molecule has 0 saturated carbocycles. The summed E-state index contributed by atoms with van der Waals surface area (Å²) in [6.07, 6.45) is -9.55. The molecule has 0 spiro atoms. The normalized spacial score (nSPS) is 16.1. The largest absolute Gasteiger partial charge is 0.464 e. The van der Waals surface area contributed by atoms with E-state index in [0.29, 0.717) is 18.2 Å². The Labute approximate surface area is 181 Å². The van der Waals surface area contributed by atoms with Crippen LogP contribution in [0, 0.1) is 0 Å². The van der Waals surface area contributed by atoms with Gasteiger partial charge in [0.15, 0.2) is 0 Å². The summed E-state index contributed by atoms with van der Waals surface area (Å²) in [4.78, 5) is 12.0. The number of rotatable bonds is 15. The van der Waals surface area contributed by atoms with Gasteiger partial charge in [-0.25, -0.2) is 4.79 Å². The number of aliphatic hydroxyl groups is 1. The molecule has 0 fully saturated rings. The van der Waals surface area contributed by atoms with Crippen LogP contribution in [0.4, 0.5) is 35.1 Å². The zero-order valence-electron chi connectivity index (χ0n) is 17.6. The zero-order chi connectivity index (χ0) is 24.3. The van der Waals surface area contributed by atoms with Gasteiger partial charge in [0.2, 0.25) is 0 Å². The van der Waals surface area contributed by atoms with Crippen molar-refractivity contribution in [2.75, 3.05) is 12.4 Å². The topological polar surface area (TPSA) is 46.5 Å². The Kier molecular flexibility index (Phi) is 12.7. The SMILES string of the molecule is CCCCCCCCC(SCCCC(F)(F)C(F)(F)F)C(O)(C(=O)OCC)C(F)(F)F. The fraction of sp³-hybridized carbons (Fsp3) is 0.947. The molecule has 0 amide bonds. The van der Waals surface area contributed by atoms with Gasteiger partial charge in [-0.1, -0.05) is 45.4 Å². The third-order valence-corrected chi connectivity index (χ3v) is 6.18. The molecule has 0 aromatic heterocycles. The maximum Gasteiger partial charge on any atom is 0.453 e. The van der Waals surface area contributed by atoms with Gasteiger partial charge in [0.05, 0.1) is 11.9 Å². The van der Waals surface area contributed by atoms with Crippen molar-refractivity contribution in [1.82, 2.24) is 0 Å². The molecule has 0 aliphatic rings. The second-order valence-electron chi connectivity index (χ2n) is 7.21. The van der Waals surface area contributed by atoms with Crippen molar-refractivity contribution >= 4 is 17.7 Å². The summed E-state index contributed by atoms with van der Waals surface area (Å²) in [6, 6.07) is 0. The van der Waals surface area contributed by atoms with E-state index in [0.717, 1.165) is 25.7 Å². The third kappa shape index (κ3) is 9.31. The van der Waals surface area contributed by atoms with E-state index in [1.54, 1.807) is 0 Å². The van der Waals surface area contributed by atoms with Crippen LogP contribution in [0.1, 0.15) is 71.6 Å². The van der Waals surface area contributed by atoms with E-state index in [4.69, 9.17) is 0 Å². The Morgan fingerprint density at radius 3 is 1.90 bits per heavy atom. The lowest BCUT2D eigenvalue weighted by molar-refractivity contribution is -0.284. The molecule has 0 heterocycles. The standard InChI is InChI=1S/C19H30F8O3S/c1-3-5-6-7-8-9-11-14(17(29,19(25,26)27)15(28)30-4-2)31-13-10-12-16(20,21)18(22,23)24/h14,29H,3-13H2,1-2H3. The highest BCUT2D eigenvalue weighted by molar-refractivity contribution is 8.00. The summed E-state index contributed by atoms with van der Waals surface area (Å²) in [7, 11) is 0. The minimum Gasteiger partial charge on any atom is -0.464 e. The Bertz CT molecular complexity index is 525. The molecule has 0 aliphatic carbocycles. The highest BCUT2D eigenvalue weighted by atomic mass is 32.2. The van der Waals surface area contributed by atoms with Gasteiger partial charge in [0.1, 0.15) is 0 Å². The summed E-state index contributed by atoms with van der Waals surface area (Å²) in [6.45, 7) is 2.81. The van der Waals surface area contributed by atoms with Crippen LogP contribution < -0.4 is 0 Å². The maximum absolute atomic E-state index is 13.6. The quantitative estimate of drug-likeness (QED) is 0.158. The van der Waals surface area contributed by atoms with E-state index < -0.39 is 60.3 Å². The van der Waals surface area contributed by atoms with E-state index in [1.807, 2.05) is 6.92 Å². The monoisotopic (exact) mass is 490 g/mol. The molecule has 0 aromatic carbocycles. The van der Waals surface area contributed by atoms with Crippen LogP contribution in [-0.2, 0) is 9.53 Å². The summed E-state index contributed by atoms with van der Waals surface area (Å²) >= 11 is 0.358. The van der Waals surface area contributed by atoms with Crippen LogP contribution in [0.2, 0.25) is 0 Å².